The number of ether oxygens (including phenoxy) is 3. The second-order valence-corrected chi connectivity index (χ2v) is 3.27. The summed E-state index contributed by atoms with van der Waals surface area (Å²) in [7, 11) is 2.70. The highest BCUT2D eigenvalue weighted by Crippen LogP contribution is 2.34. The Balaban J connectivity index is 3.19. The van der Waals surface area contributed by atoms with Gasteiger partial charge in [0.2, 0.25) is 0 Å². The Labute approximate surface area is 104 Å². The molecule has 98 valence electrons. The van der Waals surface area contributed by atoms with Gasteiger partial charge in [0.15, 0.2) is 11.5 Å². The molecule has 0 unspecified atom stereocenters. The number of Topliss-reactive ketones (excluding diaryl/α,β-unsaturated/α-hetero) is 1. The molecular weight excluding hydrogens is 240 g/mol. The van der Waals surface area contributed by atoms with Crippen molar-refractivity contribution in [1.82, 2.24) is 0 Å². The summed E-state index contributed by atoms with van der Waals surface area (Å²) < 4.78 is 14.4. The smallest absolute Gasteiger partial charge is 0.379 e. The van der Waals surface area contributed by atoms with Crippen molar-refractivity contribution in [2.24, 2.45) is 0 Å². The molecule has 0 aliphatic heterocycles. The Morgan fingerprint density at radius 2 is 1.78 bits per heavy atom. The number of esters is 1. The highest BCUT2D eigenvalue weighted by molar-refractivity contribution is 6.41. The third-order valence-corrected chi connectivity index (χ3v) is 2.21. The second-order valence-electron chi connectivity index (χ2n) is 3.27. The first-order chi connectivity index (χ1) is 8.54. The van der Waals surface area contributed by atoms with Crippen LogP contribution in [0.15, 0.2) is 12.1 Å². The minimum atomic E-state index is -1.000. The van der Waals surface area contributed by atoms with Crippen molar-refractivity contribution in [2.45, 2.75) is 6.92 Å². The minimum Gasteiger partial charge on any atom is -0.504 e. The number of ketones is 1. The lowest BCUT2D eigenvalue weighted by Crippen LogP contribution is -2.18. The van der Waals surface area contributed by atoms with Crippen LogP contribution in [0.4, 0.5) is 0 Å². The zero-order valence-corrected chi connectivity index (χ0v) is 10.4. The van der Waals surface area contributed by atoms with Crippen molar-refractivity contribution in [1.29, 1.82) is 0 Å². The molecule has 1 aromatic rings. The zero-order chi connectivity index (χ0) is 13.7. The number of methoxy groups -OCH3 is 2. The van der Waals surface area contributed by atoms with Gasteiger partial charge in [0.1, 0.15) is 5.75 Å². The van der Waals surface area contributed by atoms with E-state index in [9.17, 15) is 14.7 Å². The molecule has 0 saturated carbocycles. The molecular formula is C12H14O6. The average molecular weight is 254 g/mol. The number of aromatic hydroxyl groups is 1. The van der Waals surface area contributed by atoms with Gasteiger partial charge in [-0.05, 0) is 13.0 Å². The summed E-state index contributed by atoms with van der Waals surface area (Å²) in [5.74, 6) is -1.87. The van der Waals surface area contributed by atoms with Gasteiger partial charge in [-0.25, -0.2) is 4.79 Å². The molecule has 1 N–H and O–H groups in total. The molecule has 0 aliphatic carbocycles. The zero-order valence-electron chi connectivity index (χ0n) is 10.4. The van der Waals surface area contributed by atoms with E-state index in [1.807, 2.05) is 0 Å². The molecule has 6 heteroatoms. The molecule has 0 aliphatic rings. The fourth-order valence-corrected chi connectivity index (χ4v) is 1.37. The molecule has 0 fully saturated rings. The normalized spacial score (nSPS) is 9.72. The van der Waals surface area contributed by atoms with Crippen LogP contribution in [0.25, 0.3) is 0 Å². The molecule has 0 heterocycles. The van der Waals surface area contributed by atoms with Gasteiger partial charge in [0, 0.05) is 6.07 Å². The maximum Gasteiger partial charge on any atom is 0.379 e. The SMILES string of the molecule is CCOC(=O)C(=O)c1cc(O)c(OC)cc1OC. The van der Waals surface area contributed by atoms with Gasteiger partial charge < -0.3 is 19.3 Å². The summed E-state index contributed by atoms with van der Waals surface area (Å²) in [5, 5.41) is 9.59. The Hall–Kier alpha value is -2.24. The number of hydrogen-bond acceptors (Lipinski definition) is 6. The molecule has 0 radical (unpaired) electrons. The monoisotopic (exact) mass is 254 g/mol. The van der Waals surface area contributed by atoms with Crippen molar-refractivity contribution >= 4 is 11.8 Å². The van der Waals surface area contributed by atoms with Crippen LogP contribution < -0.4 is 9.47 Å². The van der Waals surface area contributed by atoms with E-state index in [1.165, 1.54) is 20.3 Å². The van der Waals surface area contributed by atoms with E-state index in [-0.39, 0.29) is 29.4 Å². The van der Waals surface area contributed by atoms with E-state index < -0.39 is 11.8 Å². The Morgan fingerprint density at radius 1 is 1.17 bits per heavy atom. The number of hydrogen-bond donors (Lipinski definition) is 1. The number of phenols is 1. The van der Waals surface area contributed by atoms with Crippen LogP contribution in [0.5, 0.6) is 17.2 Å². The van der Waals surface area contributed by atoms with Gasteiger partial charge >= 0.3 is 5.97 Å². The first-order valence-electron chi connectivity index (χ1n) is 5.21. The lowest BCUT2D eigenvalue weighted by molar-refractivity contribution is -0.137. The fourth-order valence-electron chi connectivity index (χ4n) is 1.37. The van der Waals surface area contributed by atoms with E-state index in [0.29, 0.717) is 0 Å². The quantitative estimate of drug-likeness (QED) is 0.482. The molecule has 18 heavy (non-hydrogen) atoms. The van der Waals surface area contributed by atoms with Gasteiger partial charge in [0.05, 0.1) is 26.4 Å². The van der Waals surface area contributed by atoms with Crippen LogP contribution in [-0.4, -0.2) is 37.7 Å². The van der Waals surface area contributed by atoms with Gasteiger partial charge in [-0.1, -0.05) is 0 Å². The van der Waals surface area contributed by atoms with E-state index >= 15 is 0 Å². The maximum absolute atomic E-state index is 11.8. The largest absolute Gasteiger partial charge is 0.504 e. The second kappa shape index (κ2) is 5.90. The number of carbonyl (C=O) groups is 2. The van der Waals surface area contributed by atoms with Crippen molar-refractivity contribution in [2.75, 3.05) is 20.8 Å². The van der Waals surface area contributed by atoms with Gasteiger partial charge in [-0.2, -0.15) is 0 Å². The maximum atomic E-state index is 11.8. The molecule has 0 aromatic heterocycles. The highest BCUT2D eigenvalue weighted by atomic mass is 16.5. The van der Waals surface area contributed by atoms with Gasteiger partial charge in [-0.15, -0.1) is 0 Å². The predicted octanol–water partition coefficient (Wildman–Crippen LogP) is 1.16. The van der Waals surface area contributed by atoms with Crippen LogP contribution in [0, 0.1) is 0 Å². The van der Waals surface area contributed by atoms with Crippen molar-refractivity contribution in [3.8, 4) is 17.2 Å². The highest BCUT2D eigenvalue weighted by Gasteiger charge is 2.23. The summed E-state index contributed by atoms with van der Waals surface area (Å²) >= 11 is 0. The molecule has 0 atom stereocenters. The van der Waals surface area contributed by atoms with Gasteiger partial charge in [-0.3, -0.25) is 4.79 Å². The topological polar surface area (TPSA) is 82.1 Å². The number of benzene rings is 1. The molecule has 0 spiro atoms. The first kappa shape index (κ1) is 13.8. The lowest BCUT2D eigenvalue weighted by Gasteiger charge is -2.10. The van der Waals surface area contributed by atoms with Crippen LogP contribution in [0.3, 0.4) is 0 Å². The molecule has 1 aromatic carbocycles. The van der Waals surface area contributed by atoms with E-state index in [2.05, 4.69) is 4.74 Å². The Kier molecular flexibility index (Phi) is 4.53. The van der Waals surface area contributed by atoms with Crippen LogP contribution in [0.2, 0.25) is 0 Å². The molecule has 0 saturated heterocycles. The number of rotatable bonds is 5. The summed E-state index contributed by atoms with van der Waals surface area (Å²) in [6, 6.07) is 2.43. The van der Waals surface area contributed by atoms with E-state index in [4.69, 9.17) is 9.47 Å². The predicted molar refractivity (Wildman–Crippen MR) is 62.2 cm³/mol. The molecule has 0 amide bonds. The van der Waals surface area contributed by atoms with Crippen molar-refractivity contribution in [3.63, 3.8) is 0 Å². The number of carbonyl (C=O) groups excluding carboxylic acids is 2. The molecule has 0 bridgehead atoms. The third-order valence-electron chi connectivity index (χ3n) is 2.21. The lowest BCUT2D eigenvalue weighted by atomic mass is 10.1. The average Bonchev–Trinajstić information content (AvgIpc) is 2.37. The third kappa shape index (κ3) is 2.71. The Morgan fingerprint density at radius 3 is 2.28 bits per heavy atom. The standard InChI is InChI=1S/C12H14O6/c1-4-18-12(15)11(14)7-5-8(13)10(17-3)6-9(7)16-2/h5-6,13H,4H2,1-3H3. The van der Waals surface area contributed by atoms with Crippen LogP contribution in [-0.2, 0) is 9.53 Å². The summed E-state index contributed by atoms with van der Waals surface area (Å²) in [6.07, 6.45) is 0. The molecule has 6 nitrogen and oxygen atoms in total. The first-order valence-corrected chi connectivity index (χ1v) is 5.21. The summed E-state index contributed by atoms with van der Waals surface area (Å²) in [6.45, 7) is 1.68. The van der Waals surface area contributed by atoms with Crippen molar-refractivity contribution in [3.05, 3.63) is 17.7 Å². The number of phenolic OH excluding ortho intramolecular Hbond substituents is 1. The fraction of sp³-hybridized carbons (Fsp3) is 0.333. The van der Waals surface area contributed by atoms with E-state index in [0.717, 1.165) is 6.07 Å². The minimum absolute atomic E-state index is 0.0748. The van der Waals surface area contributed by atoms with E-state index in [1.54, 1.807) is 6.92 Å². The Bertz CT molecular complexity index is 466. The van der Waals surface area contributed by atoms with Crippen LogP contribution in [0.1, 0.15) is 17.3 Å². The summed E-state index contributed by atoms with van der Waals surface area (Å²) in [5.41, 5.74) is -0.0748. The van der Waals surface area contributed by atoms with Crippen molar-refractivity contribution < 1.29 is 28.9 Å². The molecule has 1 rings (SSSR count). The van der Waals surface area contributed by atoms with Crippen LogP contribution >= 0.6 is 0 Å². The summed E-state index contributed by atoms with van der Waals surface area (Å²) in [4.78, 5) is 23.1. The van der Waals surface area contributed by atoms with Gasteiger partial charge in [0.25, 0.3) is 5.78 Å².